The van der Waals surface area contributed by atoms with E-state index in [-0.39, 0.29) is 38.7 Å². The average molecular weight is 622 g/mol. The standard InChI is InChI=1S/C28H29F2N3O7S2/c1-2-24-5-3-4-14-33(24)27(34)18-40-28(35)19-15-22(31-41(36,37)25-10-6-20(29)7-11-25)17-23(16-19)32-42(38,39)26-12-8-21(30)9-13-26/h6-13,15-17,24,31-32H,2-5,14,18H2,1H3. The fourth-order valence-corrected chi connectivity index (χ4v) is 6.65. The van der Waals surface area contributed by atoms with Crippen LogP contribution in [0.4, 0.5) is 20.2 Å². The fraction of sp³-hybridized carbons (Fsp3) is 0.286. The molecule has 2 N–H and O–H groups in total. The number of esters is 1. The normalized spacial score (nSPS) is 15.6. The Labute approximate surface area is 242 Å². The molecular weight excluding hydrogens is 592 g/mol. The zero-order chi connectivity index (χ0) is 30.5. The van der Waals surface area contributed by atoms with Crippen molar-refractivity contribution in [3.63, 3.8) is 0 Å². The summed E-state index contributed by atoms with van der Waals surface area (Å²) in [5, 5.41) is 0. The number of anilines is 2. The van der Waals surface area contributed by atoms with Gasteiger partial charge in [-0.1, -0.05) is 6.92 Å². The number of sulfonamides is 2. The van der Waals surface area contributed by atoms with Crippen LogP contribution in [0.1, 0.15) is 43.0 Å². The van der Waals surface area contributed by atoms with Gasteiger partial charge in [-0.05, 0) is 92.4 Å². The minimum Gasteiger partial charge on any atom is -0.452 e. The molecule has 1 unspecified atom stereocenters. The summed E-state index contributed by atoms with van der Waals surface area (Å²) in [4.78, 5) is 26.9. The summed E-state index contributed by atoms with van der Waals surface area (Å²) >= 11 is 0. The maximum atomic E-state index is 13.3. The number of hydrogen-bond donors (Lipinski definition) is 2. The van der Waals surface area contributed by atoms with Crippen LogP contribution < -0.4 is 9.44 Å². The summed E-state index contributed by atoms with van der Waals surface area (Å²) in [7, 11) is -8.58. The second-order valence-electron chi connectivity index (χ2n) is 9.64. The van der Waals surface area contributed by atoms with Crippen molar-refractivity contribution in [2.45, 2.75) is 48.4 Å². The number of rotatable bonds is 10. The Hall–Kier alpha value is -4.04. The van der Waals surface area contributed by atoms with Crippen LogP contribution in [-0.4, -0.2) is 52.8 Å². The largest absolute Gasteiger partial charge is 0.452 e. The molecule has 1 saturated heterocycles. The van der Waals surface area contributed by atoms with E-state index in [0.717, 1.165) is 92.4 Å². The number of ether oxygens (including phenoxy) is 1. The summed E-state index contributed by atoms with van der Waals surface area (Å²) in [5.74, 6) is -2.68. The number of carbonyl (C=O) groups is 2. The third kappa shape index (κ3) is 7.62. The third-order valence-corrected chi connectivity index (χ3v) is 9.46. The highest BCUT2D eigenvalue weighted by Crippen LogP contribution is 2.26. The van der Waals surface area contributed by atoms with Crippen molar-refractivity contribution in [3.8, 4) is 0 Å². The summed E-state index contributed by atoms with van der Waals surface area (Å²) in [6.45, 7) is 1.96. The quantitative estimate of drug-likeness (QED) is 0.318. The lowest BCUT2D eigenvalue weighted by molar-refractivity contribution is -0.138. The topological polar surface area (TPSA) is 139 Å². The smallest absolute Gasteiger partial charge is 0.338 e. The van der Waals surface area contributed by atoms with Crippen molar-refractivity contribution in [1.29, 1.82) is 0 Å². The molecule has 0 aliphatic carbocycles. The van der Waals surface area contributed by atoms with Gasteiger partial charge < -0.3 is 9.64 Å². The number of hydrogen-bond acceptors (Lipinski definition) is 7. The van der Waals surface area contributed by atoms with Crippen molar-refractivity contribution in [1.82, 2.24) is 4.90 Å². The Morgan fingerprint density at radius 1 is 0.833 bits per heavy atom. The summed E-state index contributed by atoms with van der Waals surface area (Å²) in [6, 6.07) is 11.3. The summed E-state index contributed by atoms with van der Waals surface area (Å²) in [6.07, 6.45) is 3.45. The Morgan fingerprint density at radius 2 is 1.33 bits per heavy atom. The highest BCUT2D eigenvalue weighted by molar-refractivity contribution is 7.93. The van der Waals surface area contributed by atoms with E-state index >= 15 is 0 Å². The van der Waals surface area contributed by atoms with E-state index in [2.05, 4.69) is 9.44 Å². The molecule has 224 valence electrons. The van der Waals surface area contributed by atoms with Crippen LogP contribution in [0.5, 0.6) is 0 Å². The highest BCUT2D eigenvalue weighted by atomic mass is 32.2. The Balaban J connectivity index is 1.61. The van der Waals surface area contributed by atoms with Crippen LogP contribution in [0.25, 0.3) is 0 Å². The molecule has 0 saturated carbocycles. The number of nitrogens with zero attached hydrogens (tertiary/aromatic N) is 1. The van der Waals surface area contributed by atoms with E-state index in [1.54, 1.807) is 4.90 Å². The van der Waals surface area contributed by atoms with Gasteiger partial charge >= 0.3 is 5.97 Å². The minimum atomic E-state index is -4.29. The molecular formula is C28H29F2N3O7S2. The second kappa shape index (κ2) is 12.9. The predicted molar refractivity (Wildman–Crippen MR) is 151 cm³/mol. The van der Waals surface area contributed by atoms with Gasteiger partial charge in [-0.15, -0.1) is 0 Å². The number of likely N-dealkylation sites (tertiary alicyclic amines) is 1. The maximum Gasteiger partial charge on any atom is 0.338 e. The zero-order valence-corrected chi connectivity index (χ0v) is 24.2. The van der Waals surface area contributed by atoms with E-state index < -0.39 is 44.3 Å². The summed E-state index contributed by atoms with van der Waals surface area (Å²) in [5.41, 5.74) is -0.706. The molecule has 1 atom stereocenters. The van der Waals surface area contributed by atoms with Crippen molar-refractivity contribution >= 4 is 43.3 Å². The monoisotopic (exact) mass is 621 g/mol. The van der Waals surface area contributed by atoms with Crippen LogP contribution >= 0.6 is 0 Å². The van der Waals surface area contributed by atoms with Crippen molar-refractivity contribution in [2.75, 3.05) is 22.6 Å². The van der Waals surface area contributed by atoms with Gasteiger partial charge in [0.25, 0.3) is 26.0 Å². The molecule has 1 amide bonds. The molecule has 3 aromatic rings. The Kier molecular flexibility index (Phi) is 9.46. The molecule has 0 radical (unpaired) electrons. The van der Waals surface area contributed by atoms with Crippen LogP contribution in [0, 0.1) is 11.6 Å². The molecule has 4 rings (SSSR count). The average Bonchev–Trinajstić information content (AvgIpc) is 2.95. The van der Waals surface area contributed by atoms with E-state index in [9.17, 15) is 35.2 Å². The van der Waals surface area contributed by atoms with Crippen molar-refractivity contribution in [3.05, 3.63) is 83.9 Å². The van der Waals surface area contributed by atoms with Crippen molar-refractivity contribution < 1.29 is 39.9 Å². The first kappa shape index (κ1) is 30.9. The molecule has 1 aliphatic heterocycles. The van der Waals surface area contributed by atoms with Gasteiger partial charge in [0.05, 0.1) is 26.7 Å². The van der Waals surface area contributed by atoms with Crippen LogP contribution in [0.3, 0.4) is 0 Å². The number of benzene rings is 3. The number of carbonyl (C=O) groups excluding carboxylic acids is 2. The van der Waals surface area contributed by atoms with Gasteiger partial charge in [0, 0.05) is 12.6 Å². The van der Waals surface area contributed by atoms with Crippen LogP contribution in [0.15, 0.2) is 76.5 Å². The summed E-state index contributed by atoms with van der Waals surface area (Å²) < 4.78 is 88.0. The van der Waals surface area contributed by atoms with Gasteiger partial charge in [0.2, 0.25) is 0 Å². The van der Waals surface area contributed by atoms with E-state index in [4.69, 9.17) is 4.74 Å². The van der Waals surface area contributed by atoms with Gasteiger partial charge in [-0.3, -0.25) is 14.2 Å². The van der Waals surface area contributed by atoms with Gasteiger partial charge in [0.1, 0.15) is 11.6 Å². The zero-order valence-electron chi connectivity index (χ0n) is 22.5. The van der Waals surface area contributed by atoms with Crippen LogP contribution in [0.2, 0.25) is 0 Å². The lowest BCUT2D eigenvalue weighted by Gasteiger charge is -2.35. The van der Waals surface area contributed by atoms with Gasteiger partial charge in [-0.2, -0.15) is 0 Å². The Bertz CT molecular complexity index is 1570. The molecule has 1 fully saturated rings. The first-order valence-electron chi connectivity index (χ1n) is 13.1. The number of amides is 1. The molecule has 14 heteroatoms. The molecule has 3 aromatic carbocycles. The number of nitrogens with one attached hydrogen (secondary N) is 2. The maximum absolute atomic E-state index is 13.3. The lowest BCUT2D eigenvalue weighted by Crippen LogP contribution is -2.45. The molecule has 0 aromatic heterocycles. The molecule has 1 aliphatic rings. The molecule has 1 heterocycles. The van der Waals surface area contributed by atoms with Gasteiger partial charge in [0.15, 0.2) is 6.61 Å². The molecule has 42 heavy (non-hydrogen) atoms. The molecule has 0 bridgehead atoms. The van der Waals surface area contributed by atoms with Gasteiger partial charge in [-0.25, -0.2) is 30.4 Å². The first-order chi connectivity index (χ1) is 19.9. The predicted octanol–water partition coefficient (Wildman–Crippen LogP) is 4.51. The highest BCUT2D eigenvalue weighted by Gasteiger charge is 2.26. The lowest BCUT2D eigenvalue weighted by atomic mass is 10.00. The number of halogens is 2. The minimum absolute atomic E-state index is 0.0432. The Morgan fingerprint density at radius 3 is 1.81 bits per heavy atom. The van der Waals surface area contributed by atoms with E-state index in [0.29, 0.717) is 6.54 Å². The molecule has 10 nitrogen and oxygen atoms in total. The second-order valence-corrected chi connectivity index (χ2v) is 13.0. The van der Waals surface area contributed by atoms with E-state index in [1.165, 1.54) is 0 Å². The van der Waals surface area contributed by atoms with E-state index in [1.807, 2.05) is 6.92 Å². The number of piperidine rings is 1. The first-order valence-corrected chi connectivity index (χ1v) is 16.0. The fourth-order valence-electron chi connectivity index (χ4n) is 4.57. The molecule has 0 spiro atoms. The third-order valence-electron chi connectivity index (χ3n) is 6.67. The van der Waals surface area contributed by atoms with Crippen LogP contribution in [-0.2, 0) is 29.6 Å². The van der Waals surface area contributed by atoms with Crippen molar-refractivity contribution in [2.24, 2.45) is 0 Å². The SMILES string of the molecule is CCC1CCCCN1C(=O)COC(=O)c1cc(NS(=O)(=O)c2ccc(F)cc2)cc(NS(=O)(=O)c2ccc(F)cc2)c1.